The minimum atomic E-state index is 0.404. The topological polar surface area (TPSA) is 72.3 Å². The van der Waals surface area contributed by atoms with Crippen molar-refractivity contribution >= 4 is 11.5 Å². The number of piperidine rings is 1. The maximum atomic E-state index is 6.19. The van der Waals surface area contributed by atoms with Gasteiger partial charge in [-0.3, -0.25) is 9.88 Å². The van der Waals surface area contributed by atoms with E-state index < -0.39 is 0 Å². The van der Waals surface area contributed by atoms with E-state index in [1.807, 2.05) is 32.0 Å². The van der Waals surface area contributed by atoms with Crippen LogP contribution in [0, 0.1) is 13.8 Å². The number of hydrogen-bond acceptors (Lipinski definition) is 5. The number of pyridine rings is 1. The number of hydrogen-bond donors (Lipinski definition) is 1. The van der Waals surface area contributed by atoms with Crippen LogP contribution in [0.2, 0.25) is 0 Å². The van der Waals surface area contributed by atoms with Crippen molar-refractivity contribution in [2.45, 2.75) is 39.2 Å². The number of anilines is 1. The van der Waals surface area contributed by atoms with E-state index in [0.29, 0.717) is 11.7 Å². The third-order valence-electron chi connectivity index (χ3n) is 4.85. The Labute approximate surface area is 147 Å². The monoisotopic (exact) mass is 336 g/mol. The first-order chi connectivity index (χ1) is 12.1. The van der Waals surface area contributed by atoms with Gasteiger partial charge in [0.1, 0.15) is 5.82 Å². The molecule has 0 aliphatic carbocycles. The highest BCUT2D eigenvalue weighted by Gasteiger charge is 2.23. The molecule has 1 fully saturated rings. The molecule has 4 heterocycles. The molecule has 0 radical (unpaired) electrons. The number of aromatic nitrogens is 4. The van der Waals surface area contributed by atoms with E-state index >= 15 is 0 Å². The Morgan fingerprint density at radius 3 is 2.88 bits per heavy atom. The maximum absolute atomic E-state index is 6.19. The molecule has 1 aliphatic heterocycles. The van der Waals surface area contributed by atoms with Crippen molar-refractivity contribution in [3.8, 4) is 0 Å². The molecule has 0 aromatic carbocycles. The number of aryl methyl sites for hydroxylation is 2. The zero-order valence-corrected chi connectivity index (χ0v) is 14.8. The normalized spacial score (nSPS) is 18.7. The van der Waals surface area contributed by atoms with Crippen LogP contribution in [0.4, 0.5) is 5.82 Å². The third kappa shape index (κ3) is 3.35. The van der Waals surface area contributed by atoms with Crippen molar-refractivity contribution in [2.24, 2.45) is 0 Å². The van der Waals surface area contributed by atoms with E-state index in [1.165, 1.54) is 6.42 Å². The Morgan fingerprint density at radius 1 is 1.16 bits per heavy atom. The molecule has 1 aliphatic rings. The van der Waals surface area contributed by atoms with Gasteiger partial charge in [0.25, 0.3) is 0 Å². The lowest BCUT2D eigenvalue weighted by atomic mass is 9.94. The molecule has 25 heavy (non-hydrogen) atoms. The molecular formula is C19H24N6. The van der Waals surface area contributed by atoms with Crippen LogP contribution in [0.1, 0.15) is 41.5 Å². The van der Waals surface area contributed by atoms with Crippen LogP contribution in [0.3, 0.4) is 0 Å². The molecule has 2 N–H and O–H groups in total. The summed E-state index contributed by atoms with van der Waals surface area (Å²) in [5.41, 5.74) is 11.2. The highest BCUT2D eigenvalue weighted by atomic mass is 15.3. The lowest BCUT2D eigenvalue weighted by Crippen LogP contribution is -2.34. The quantitative estimate of drug-likeness (QED) is 0.796. The second-order valence-electron chi connectivity index (χ2n) is 7.01. The summed E-state index contributed by atoms with van der Waals surface area (Å²) in [6.07, 6.45) is 2.31. The number of fused-ring (bicyclic) bond motifs is 1. The average Bonchev–Trinajstić information content (AvgIpc) is 2.96. The van der Waals surface area contributed by atoms with E-state index in [-0.39, 0.29) is 0 Å². The lowest BCUT2D eigenvalue weighted by molar-refractivity contribution is 0.196. The predicted molar refractivity (Wildman–Crippen MR) is 98.4 cm³/mol. The van der Waals surface area contributed by atoms with Gasteiger partial charge in [-0.2, -0.15) is 9.61 Å². The minimum Gasteiger partial charge on any atom is -0.384 e. The van der Waals surface area contributed by atoms with Crippen molar-refractivity contribution < 1.29 is 0 Å². The van der Waals surface area contributed by atoms with Crippen molar-refractivity contribution in [1.29, 1.82) is 0 Å². The summed E-state index contributed by atoms with van der Waals surface area (Å²) in [5.74, 6) is 1.06. The van der Waals surface area contributed by atoms with Gasteiger partial charge >= 0.3 is 0 Å². The Kier molecular flexibility index (Phi) is 4.13. The zero-order valence-electron chi connectivity index (χ0n) is 14.8. The molecule has 130 valence electrons. The SMILES string of the molecule is Cc1cccc(CN2CCC[C@H](c3cc(N)n4nc(C)cc4n3)C2)n1. The van der Waals surface area contributed by atoms with Crippen molar-refractivity contribution in [2.75, 3.05) is 18.8 Å². The minimum absolute atomic E-state index is 0.404. The average molecular weight is 336 g/mol. The van der Waals surface area contributed by atoms with E-state index in [9.17, 15) is 0 Å². The standard InChI is InChI=1S/C19H24N6/c1-13-5-3-7-16(21-13)12-24-8-4-6-15(11-24)17-10-18(20)25-19(22-17)9-14(2)23-25/h3,5,7,9-10,15H,4,6,8,11-12,20H2,1-2H3/t15-/m0/s1. The van der Waals surface area contributed by atoms with Crippen LogP contribution in [0.5, 0.6) is 0 Å². The molecule has 6 nitrogen and oxygen atoms in total. The Morgan fingerprint density at radius 2 is 2.04 bits per heavy atom. The molecule has 1 saturated heterocycles. The van der Waals surface area contributed by atoms with E-state index in [1.54, 1.807) is 4.52 Å². The Hall–Kier alpha value is -2.47. The Bertz CT molecular complexity index is 900. The summed E-state index contributed by atoms with van der Waals surface area (Å²) in [7, 11) is 0. The van der Waals surface area contributed by atoms with Crippen LogP contribution in [-0.4, -0.2) is 37.6 Å². The second-order valence-corrected chi connectivity index (χ2v) is 7.01. The van der Waals surface area contributed by atoms with Gasteiger partial charge in [-0.05, 0) is 45.4 Å². The van der Waals surface area contributed by atoms with Crippen molar-refractivity contribution in [3.63, 3.8) is 0 Å². The van der Waals surface area contributed by atoms with Gasteiger partial charge in [-0.1, -0.05) is 6.07 Å². The summed E-state index contributed by atoms with van der Waals surface area (Å²) in [4.78, 5) is 11.9. The molecular weight excluding hydrogens is 312 g/mol. The van der Waals surface area contributed by atoms with Crippen LogP contribution >= 0.6 is 0 Å². The van der Waals surface area contributed by atoms with Gasteiger partial charge in [0.05, 0.1) is 17.1 Å². The number of rotatable bonds is 3. The van der Waals surface area contributed by atoms with E-state index in [2.05, 4.69) is 27.1 Å². The number of likely N-dealkylation sites (tertiary alicyclic amines) is 1. The Balaban J connectivity index is 1.54. The summed E-state index contributed by atoms with van der Waals surface area (Å²) in [6.45, 7) is 6.99. The smallest absolute Gasteiger partial charge is 0.157 e. The predicted octanol–water partition coefficient (Wildman–Crippen LogP) is 2.70. The highest BCUT2D eigenvalue weighted by molar-refractivity contribution is 5.48. The fourth-order valence-electron chi connectivity index (χ4n) is 3.70. The molecule has 1 atom stereocenters. The summed E-state index contributed by atoms with van der Waals surface area (Å²) < 4.78 is 1.72. The van der Waals surface area contributed by atoms with E-state index in [0.717, 1.165) is 54.5 Å². The molecule has 0 amide bonds. The molecule has 6 heteroatoms. The first-order valence-corrected chi connectivity index (χ1v) is 8.86. The van der Waals surface area contributed by atoms with E-state index in [4.69, 9.17) is 10.7 Å². The number of nitrogens with two attached hydrogens (primary N) is 1. The van der Waals surface area contributed by atoms with Crippen LogP contribution < -0.4 is 5.73 Å². The molecule has 0 spiro atoms. The largest absolute Gasteiger partial charge is 0.384 e. The maximum Gasteiger partial charge on any atom is 0.157 e. The van der Waals surface area contributed by atoms with Gasteiger partial charge in [0.2, 0.25) is 0 Å². The second kappa shape index (κ2) is 6.44. The molecule has 0 unspecified atom stereocenters. The van der Waals surface area contributed by atoms with Crippen molar-refractivity contribution in [1.82, 2.24) is 24.5 Å². The summed E-state index contributed by atoms with van der Waals surface area (Å²) in [5, 5.41) is 4.39. The molecule has 0 bridgehead atoms. The van der Waals surface area contributed by atoms with Crippen LogP contribution in [-0.2, 0) is 6.54 Å². The fourth-order valence-corrected chi connectivity index (χ4v) is 3.70. The third-order valence-corrected chi connectivity index (χ3v) is 4.85. The van der Waals surface area contributed by atoms with Crippen LogP contribution in [0.15, 0.2) is 30.3 Å². The highest BCUT2D eigenvalue weighted by Crippen LogP contribution is 2.28. The van der Waals surface area contributed by atoms with Gasteiger partial charge in [0.15, 0.2) is 5.65 Å². The lowest BCUT2D eigenvalue weighted by Gasteiger charge is -2.32. The summed E-state index contributed by atoms with van der Waals surface area (Å²) in [6, 6.07) is 10.2. The first kappa shape index (κ1) is 16.0. The molecule has 4 rings (SSSR count). The van der Waals surface area contributed by atoms with Gasteiger partial charge in [-0.15, -0.1) is 0 Å². The zero-order chi connectivity index (χ0) is 17.4. The van der Waals surface area contributed by atoms with Crippen LogP contribution in [0.25, 0.3) is 5.65 Å². The van der Waals surface area contributed by atoms with Gasteiger partial charge < -0.3 is 5.73 Å². The summed E-state index contributed by atoms with van der Waals surface area (Å²) >= 11 is 0. The number of nitrogen functional groups attached to an aromatic ring is 1. The first-order valence-electron chi connectivity index (χ1n) is 8.86. The molecule has 3 aromatic heterocycles. The van der Waals surface area contributed by atoms with Gasteiger partial charge in [-0.25, -0.2) is 4.98 Å². The number of nitrogens with zero attached hydrogens (tertiary/aromatic N) is 5. The molecule has 3 aromatic rings. The fraction of sp³-hybridized carbons (Fsp3) is 0.421. The van der Waals surface area contributed by atoms with Gasteiger partial charge in [0, 0.05) is 36.8 Å². The molecule has 0 saturated carbocycles. The van der Waals surface area contributed by atoms with Crippen molar-refractivity contribution in [3.05, 3.63) is 53.1 Å².